The minimum absolute atomic E-state index is 0.0304. The number of aromatic hydroxyl groups is 1. The molecule has 112 valence electrons. The van der Waals surface area contributed by atoms with E-state index in [9.17, 15) is 9.50 Å². The molecule has 0 spiro atoms. The second kappa shape index (κ2) is 6.59. The molecule has 0 aliphatic rings. The van der Waals surface area contributed by atoms with Gasteiger partial charge in [-0.05, 0) is 37.6 Å². The molecular weight excluding hydrogens is 269 g/mol. The van der Waals surface area contributed by atoms with Crippen molar-refractivity contribution in [2.75, 3.05) is 7.11 Å². The smallest absolute Gasteiger partial charge is 0.124 e. The molecule has 0 aliphatic heterocycles. The fourth-order valence-corrected chi connectivity index (χ4v) is 2.35. The van der Waals surface area contributed by atoms with Crippen molar-refractivity contribution in [3.05, 3.63) is 59.4 Å². The number of phenolic OH excluding ortho intramolecular Hbond substituents is 1. The molecule has 0 saturated heterocycles. The van der Waals surface area contributed by atoms with E-state index in [-0.39, 0.29) is 23.7 Å². The summed E-state index contributed by atoms with van der Waals surface area (Å²) in [6, 6.07) is 11.6. The van der Waals surface area contributed by atoms with Gasteiger partial charge in [0, 0.05) is 23.7 Å². The van der Waals surface area contributed by atoms with Crippen LogP contribution >= 0.6 is 0 Å². The zero-order valence-electron chi connectivity index (χ0n) is 12.4. The second-order valence-corrected chi connectivity index (χ2v) is 5.09. The molecule has 3 nitrogen and oxygen atoms in total. The summed E-state index contributed by atoms with van der Waals surface area (Å²) < 4.78 is 18.3. The van der Waals surface area contributed by atoms with E-state index in [4.69, 9.17) is 4.74 Å². The maximum atomic E-state index is 13.3. The molecule has 0 aromatic heterocycles. The van der Waals surface area contributed by atoms with Gasteiger partial charge in [0.1, 0.15) is 17.3 Å². The molecule has 0 bridgehead atoms. The van der Waals surface area contributed by atoms with E-state index < -0.39 is 0 Å². The molecule has 0 saturated carbocycles. The highest BCUT2D eigenvalue weighted by atomic mass is 19.1. The van der Waals surface area contributed by atoms with Gasteiger partial charge in [-0.2, -0.15) is 0 Å². The Morgan fingerprint density at radius 3 is 2.48 bits per heavy atom. The van der Waals surface area contributed by atoms with Crippen molar-refractivity contribution in [3.8, 4) is 11.5 Å². The topological polar surface area (TPSA) is 41.5 Å². The highest BCUT2D eigenvalue weighted by Gasteiger charge is 2.15. The largest absolute Gasteiger partial charge is 0.507 e. The fourth-order valence-electron chi connectivity index (χ4n) is 2.35. The number of phenols is 1. The summed E-state index contributed by atoms with van der Waals surface area (Å²) in [7, 11) is 1.56. The molecule has 2 unspecified atom stereocenters. The molecule has 2 aromatic carbocycles. The number of nitrogens with one attached hydrogen (secondary N) is 1. The first-order chi connectivity index (χ1) is 10.0. The predicted molar refractivity (Wildman–Crippen MR) is 81.0 cm³/mol. The Labute approximate surface area is 124 Å². The number of halogens is 1. The van der Waals surface area contributed by atoms with Crippen molar-refractivity contribution in [2.24, 2.45) is 0 Å². The number of hydrogen-bond donors (Lipinski definition) is 2. The average Bonchev–Trinajstić information content (AvgIpc) is 2.46. The van der Waals surface area contributed by atoms with Crippen LogP contribution in [0.25, 0.3) is 0 Å². The van der Waals surface area contributed by atoms with Crippen LogP contribution in [0.1, 0.15) is 37.1 Å². The van der Waals surface area contributed by atoms with Gasteiger partial charge in [-0.25, -0.2) is 4.39 Å². The minimum Gasteiger partial charge on any atom is -0.507 e. The van der Waals surface area contributed by atoms with E-state index in [2.05, 4.69) is 5.32 Å². The van der Waals surface area contributed by atoms with Gasteiger partial charge in [0.2, 0.25) is 0 Å². The fraction of sp³-hybridized carbons (Fsp3) is 0.294. The SMILES string of the molecule is COc1ccc(C(C)NC(C)c2cccc(F)c2)c(O)c1. The normalized spacial score (nSPS) is 13.7. The van der Waals surface area contributed by atoms with Crippen LogP contribution < -0.4 is 10.1 Å². The van der Waals surface area contributed by atoms with Gasteiger partial charge in [0.05, 0.1) is 7.11 Å². The van der Waals surface area contributed by atoms with E-state index in [1.165, 1.54) is 12.1 Å². The Morgan fingerprint density at radius 1 is 1.10 bits per heavy atom. The second-order valence-electron chi connectivity index (χ2n) is 5.09. The summed E-state index contributed by atoms with van der Waals surface area (Å²) in [5, 5.41) is 13.4. The summed E-state index contributed by atoms with van der Waals surface area (Å²) in [6.07, 6.45) is 0. The van der Waals surface area contributed by atoms with Crippen molar-refractivity contribution in [1.29, 1.82) is 0 Å². The first-order valence-electron chi connectivity index (χ1n) is 6.89. The minimum atomic E-state index is -0.249. The van der Waals surface area contributed by atoms with Crippen LogP contribution in [0, 0.1) is 5.82 Å². The molecule has 2 rings (SSSR count). The van der Waals surface area contributed by atoms with Crippen LogP contribution in [-0.4, -0.2) is 12.2 Å². The molecule has 0 amide bonds. The first-order valence-corrected chi connectivity index (χ1v) is 6.89. The maximum absolute atomic E-state index is 13.3. The molecule has 2 atom stereocenters. The first kappa shape index (κ1) is 15.3. The molecule has 2 aromatic rings. The Kier molecular flexibility index (Phi) is 4.81. The maximum Gasteiger partial charge on any atom is 0.124 e. The van der Waals surface area contributed by atoms with Crippen molar-refractivity contribution >= 4 is 0 Å². The van der Waals surface area contributed by atoms with Gasteiger partial charge in [-0.15, -0.1) is 0 Å². The summed E-state index contributed by atoms with van der Waals surface area (Å²) in [5.74, 6) is 0.545. The molecule has 21 heavy (non-hydrogen) atoms. The molecule has 0 aliphatic carbocycles. The average molecular weight is 289 g/mol. The number of rotatable bonds is 5. The quantitative estimate of drug-likeness (QED) is 0.875. The van der Waals surface area contributed by atoms with Crippen molar-refractivity contribution in [1.82, 2.24) is 5.32 Å². The Balaban J connectivity index is 2.12. The molecular formula is C17H20FNO2. The zero-order chi connectivity index (χ0) is 15.4. The third-order valence-corrected chi connectivity index (χ3v) is 3.55. The van der Waals surface area contributed by atoms with E-state index in [1.807, 2.05) is 26.0 Å². The highest BCUT2D eigenvalue weighted by molar-refractivity contribution is 5.41. The number of benzene rings is 2. The van der Waals surface area contributed by atoms with E-state index in [0.717, 1.165) is 11.1 Å². The lowest BCUT2D eigenvalue weighted by Gasteiger charge is -2.21. The third-order valence-electron chi connectivity index (χ3n) is 3.55. The van der Waals surface area contributed by atoms with E-state index in [1.54, 1.807) is 25.3 Å². The number of ether oxygens (including phenoxy) is 1. The summed E-state index contributed by atoms with van der Waals surface area (Å²) in [5.41, 5.74) is 1.65. The van der Waals surface area contributed by atoms with Crippen LogP contribution in [0.3, 0.4) is 0 Å². The molecule has 4 heteroatoms. The molecule has 0 radical (unpaired) electrons. The summed E-state index contributed by atoms with van der Waals surface area (Å²) in [6.45, 7) is 3.92. The lowest BCUT2D eigenvalue weighted by atomic mass is 10.0. The van der Waals surface area contributed by atoms with Crippen LogP contribution in [0.5, 0.6) is 11.5 Å². The van der Waals surface area contributed by atoms with Gasteiger partial charge < -0.3 is 15.2 Å². The van der Waals surface area contributed by atoms with Gasteiger partial charge in [-0.1, -0.05) is 18.2 Å². The van der Waals surface area contributed by atoms with E-state index >= 15 is 0 Å². The summed E-state index contributed by atoms with van der Waals surface area (Å²) in [4.78, 5) is 0. The van der Waals surface area contributed by atoms with Crippen LogP contribution in [0.2, 0.25) is 0 Å². The van der Waals surface area contributed by atoms with Crippen molar-refractivity contribution < 1.29 is 14.2 Å². The van der Waals surface area contributed by atoms with Gasteiger partial charge in [-0.3, -0.25) is 0 Å². The lowest BCUT2D eigenvalue weighted by molar-refractivity contribution is 0.402. The molecule has 0 fully saturated rings. The summed E-state index contributed by atoms with van der Waals surface area (Å²) >= 11 is 0. The molecule has 0 heterocycles. The third kappa shape index (κ3) is 3.73. The Bertz CT molecular complexity index is 615. The van der Waals surface area contributed by atoms with Crippen LogP contribution in [0.4, 0.5) is 4.39 Å². The van der Waals surface area contributed by atoms with Crippen molar-refractivity contribution in [3.63, 3.8) is 0 Å². The zero-order valence-corrected chi connectivity index (χ0v) is 12.4. The van der Waals surface area contributed by atoms with Gasteiger partial charge in [0.25, 0.3) is 0 Å². The highest BCUT2D eigenvalue weighted by Crippen LogP contribution is 2.29. The lowest BCUT2D eigenvalue weighted by Crippen LogP contribution is -2.22. The number of methoxy groups -OCH3 is 1. The van der Waals surface area contributed by atoms with Crippen LogP contribution in [-0.2, 0) is 0 Å². The number of hydrogen-bond acceptors (Lipinski definition) is 3. The van der Waals surface area contributed by atoms with Crippen molar-refractivity contribution in [2.45, 2.75) is 25.9 Å². The Hall–Kier alpha value is -2.07. The van der Waals surface area contributed by atoms with Gasteiger partial charge in [0.15, 0.2) is 0 Å². The molecule has 2 N–H and O–H groups in total. The van der Waals surface area contributed by atoms with Crippen LogP contribution in [0.15, 0.2) is 42.5 Å². The predicted octanol–water partition coefficient (Wildman–Crippen LogP) is 3.95. The van der Waals surface area contributed by atoms with Gasteiger partial charge >= 0.3 is 0 Å². The van der Waals surface area contributed by atoms with E-state index in [0.29, 0.717) is 5.75 Å². The monoisotopic (exact) mass is 289 g/mol. The Morgan fingerprint density at radius 2 is 1.86 bits per heavy atom. The standard InChI is InChI=1S/C17H20FNO2/c1-11(13-5-4-6-14(18)9-13)19-12(2)16-8-7-15(21-3)10-17(16)20/h4-12,19-20H,1-3H3.